The summed E-state index contributed by atoms with van der Waals surface area (Å²) in [6.07, 6.45) is -29.9. The van der Waals surface area contributed by atoms with Crippen molar-refractivity contribution in [1.29, 1.82) is 5.26 Å². The van der Waals surface area contributed by atoms with Gasteiger partial charge in [-0.1, -0.05) is 0 Å². The predicted molar refractivity (Wildman–Crippen MR) is 410 cm³/mol. The van der Waals surface area contributed by atoms with E-state index < -0.39 is 326 Å². The van der Waals surface area contributed by atoms with E-state index in [2.05, 4.69) is 14.7 Å². The number of carbonyl (C=O) groups is 2. The fourth-order valence-electron chi connectivity index (χ4n) is 14.0. The number of aryl methyl sites for hydroxylation is 4. The maximum absolute atomic E-state index is 14.4. The molecule has 5 unspecified atom stereocenters. The van der Waals surface area contributed by atoms with Crippen molar-refractivity contribution in [2.45, 2.75) is 190 Å². The topological polar surface area (TPSA) is 780 Å². The molecule has 127 heavy (non-hydrogen) atoms. The molecular formula is C65H82N13O44P5. The number of nitrogens with one attached hydrogen (secondary N) is 6. The first-order chi connectivity index (χ1) is 59.7. The lowest BCUT2D eigenvalue weighted by molar-refractivity contribution is -0.141. The number of ether oxygens (including phenoxy) is 8. The Labute approximate surface area is 706 Å². The molecule has 6 aromatic rings. The number of aromatic nitrogens is 12. The number of rotatable bonds is 37. The number of methoxy groups -OCH3 is 1. The fraction of sp³-hybridized carbons (Fsp3) is 0.585. The lowest BCUT2D eigenvalue weighted by Gasteiger charge is -2.26. The van der Waals surface area contributed by atoms with Crippen molar-refractivity contribution in [2.24, 2.45) is 0 Å². The van der Waals surface area contributed by atoms with Crippen LogP contribution >= 0.6 is 39.1 Å². The highest BCUT2D eigenvalue weighted by Gasteiger charge is 2.52. The van der Waals surface area contributed by atoms with Crippen molar-refractivity contribution in [1.82, 2.24) is 57.3 Å². The smallest absolute Gasteiger partial charge is 0.469 e. The molecule has 23 atom stereocenters. The van der Waals surface area contributed by atoms with E-state index in [1.807, 2.05) is 19.9 Å². The molecule has 6 aliphatic heterocycles. The molecule has 12 rings (SSSR count). The van der Waals surface area contributed by atoms with Gasteiger partial charge >= 0.3 is 85.2 Å². The van der Waals surface area contributed by atoms with Gasteiger partial charge in [0.15, 0.2) is 6.61 Å². The van der Waals surface area contributed by atoms with E-state index in [0.29, 0.717) is 9.13 Å². The first-order valence-corrected chi connectivity index (χ1v) is 45.2. The monoisotopic (exact) mass is 1900 g/mol. The van der Waals surface area contributed by atoms with Crippen LogP contribution in [0.1, 0.15) is 109 Å². The van der Waals surface area contributed by atoms with Crippen LogP contribution in [0.3, 0.4) is 0 Å². The number of hydrogen-bond donors (Lipinski definition) is 13. The summed E-state index contributed by atoms with van der Waals surface area (Å²) in [7, 11) is -27.3. The summed E-state index contributed by atoms with van der Waals surface area (Å²) in [4.78, 5) is 248. The Morgan fingerprint density at radius 1 is 0.386 bits per heavy atom. The van der Waals surface area contributed by atoms with E-state index in [-0.39, 0.29) is 34.2 Å². The zero-order valence-corrected chi connectivity index (χ0v) is 71.0. The van der Waals surface area contributed by atoms with Gasteiger partial charge in [-0.25, -0.2) is 51.6 Å². The van der Waals surface area contributed by atoms with E-state index in [4.69, 9.17) is 83.7 Å². The Morgan fingerprint density at radius 3 is 0.898 bits per heavy atom. The molecule has 6 fully saturated rings. The van der Waals surface area contributed by atoms with E-state index in [1.165, 1.54) is 27.7 Å². The first kappa shape index (κ1) is 96.8. The number of esters is 2. The van der Waals surface area contributed by atoms with Crippen molar-refractivity contribution in [3.8, 4) is 6.07 Å². The number of nitrogens with zero attached hydrogens (tertiary/aromatic N) is 7. The summed E-state index contributed by atoms with van der Waals surface area (Å²) in [6, 6.07) is 1.55. The van der Waals surface area contributed by atoms with Gasteiger partial charge in [0, 0.05) is 109 Å². The van der Waals surface area contributed by atoms with Crippen LogP contribution in [-0.2, 0) is 128 Å². The minimum atomic E-state index is -5.79. The third-order valence-corrected chi connectivity index (χ3v) is 25.4. The SMILES string of the molecule is COC(=O)Cc1cn([C@H]2C[C@H](OP(=O)(O)OC[C@H]3O[C@@H](n4cc(C)c(=O)[nH]c4=O)C[C@@H]3O)[C@@H](COP(=O)(O)O[C@H]3C[C@H](n4cc(C)c(=O)[nH]c4=O)O[C@@H]3COP(=O)(O)O[C@H]3C[C@H](n4cc(C)c(=O)[nH]c4=O)O[C@@H]3COP(=O)(O)O[C@H]3C[C@H](n4cc(CC(=O)OCC#N)c(=O)[nH]c4=O)O[C@@H]3COP(=O)(O)O[C@H]3C[C@H](n4cc(C)c(=O)[nH]c4=O)O[C@@H]3CO)O2)c(=O)[nH]c1=O. The number of carbonyl (C=O) groups excluding carboxylic acids is 2. The Bertz CT molecular complexity index is 6240. The predicted octanol–water partition coefficient (Wildman–Crippen LogP) is -4.56. The van der Waals surface area contributed by atoms with Crippen LogP contribution in [0, 0.1) is 39.0 Å². The maximum Gasteiger partial charge on any atom is 0.472 e. The third kappa shape index (κ3) is 23.9. The molecule has 13 N–H and O–H groups in total. The number of phosphoric ester groups is 5. The Hall–Kier alpha value is -9.26. The second-order valence-electron chi connectivity index (χ2n) is 29.3. The standard InChI is InChI=1S/C65H82N13O44P5/c1-28-16-73(60(89)67-54(28)83)46-10-34(80)41(113-46)23-107-123(95,96)119-38-14-50(77-20-32(8-52(81)105-5)58(87)71-64(77)93)116-45(38)27-111-126(101,102)121-37-13-49(76-19-31(4)57(86)70-63(76)92)114-42(37)24-109-125(99,100)120-36-12-48(75-18-30(3)56(85)69-62(75)91)115-43(36)25-110-127(103,104)122-39-15-51(78-21-33(59(88)72-65(78)94)9-53(82)106-7-6-66)117-44(39)26-108-124(97,98)118-35-11-47(112-40(35)22-79)74-17-29(2)55(84)68-61(74)90/h16-21,34-51,79-80H,7-15,22-27H2,1-5H3,(H,95,96)(H,97,98)(H,99,100)(H,101,102)(H,103,104)(H,67,83,89)(H,68,84,90)(H,69,85,91)(H,70,86,92)(H,71,87,93)(H,72,88,94)/t34-,35-,36-,37-,38-,39-,40+,41+,42+,43+,44+,45+,46+,47+,48+,49+,50+,51+/m0/s1. The summed E-state index contributed by atoms with van der Waals surface area (Å²) in [5.41, 5.74) is -13.0. The Kier molecular flexibility index (Phi) is 30.2. The van der Waals surface area contributed by atoms with Gasteiger partial charge in [-0.3, -0.25) is 141 Å². The third-order valence-electron chi connectivity index (χ3n) is 20.4. The Balaban J connectivity index is 0.761. The number of hydrogen-bond acceptors (Lipinski definition) is 40. The van der Waals surface area contributed by atoms with Crippen LogP contribution in [0.2, 0.25) is 0 Å². The van der Waals surface area contributed by atoms with Crippen LogP contribution in [0.5, 0.6) is 0 Å². The molecule has 62 heteroatoms. The number of phosphoric acid groups is 5. The van der Waals surface area contributed by atoms with Gasteiger partial charge < -0.3 is 72.6 Å². The zero-order chi connectivity index (χ0) is 92.4. The van der Waals surface area contributed by atoms with Gasteiger partial charge in [0.05, 0.1) is 65.7 Å². The average molecular weight is 1900 g/mol. The second-order valence-corrected chi connectivity index (χ2v) is 36.3. The van der Waals surface area contributed by atoms with Crippen LogP contribution in [0.4, 0.5) is 0 Å². The van der Waals surface area contributed by atoms with Crippen molar-refractivity contribution in [3.63, 3.8) is 0 Å². The molecule has 6 aromatic heterocycles. The van der Waals surface area contributed by atoms with Gasteiger partial charge in [-0.15, -0.1) is 0 Å². The van der Waals surface area contributed by atoms with Crippen molar-refractivity contribution >= 4 is 51.1 Å². The molecular weight excluding hydrogens is 1820 g/mol. The molecule has 696 valence electrons. The molecule has 0 bridgehead atoms. The molecule has 57 nitrogen and oxygen atoms in total. The van der Waals surface area contributed by atoms with Gasteiger partial charge in [0.2, 0.25) is 0 Å². The molecule has 0 aliphatic carbocycles. The van der Waals surface area contributed by atoms with E-state index in [1.54, 1.807) is 6.07 Å². The molecule has 6 aliphatic rings. The normalized spacial score (nSPS) is 28.3. The largest absolute Gasteiger partial charge is 0.472 e. The van der Waals surface area contributed by atoms with Crippen LogP contribution in [0.15, 0.2) is 94.7 Å². The van der Waals surface area contributed by atoms with Gasteiger partial charge in [-0.05, 0) is 27.7 Å². The summed E-state index contributed by atoms with van der Waals surface area (Å²) < 4.78 is 174. The number of H-pyrrole nitrogens is 6. The van der Waals surface area contributed by atoms with Crippen LogP contribution in [-0.4, -0.2) is 231 Å². The van der Waals surface area contributed by atoms with Crippen LogP contribution in [0.25, 0.3) is 0 Å². The number of aliphatic hydroxyl groups excluding tert-OH is 2. The molecule has 0 spiro atoms. The van der Waals surface area contributed by atoms with E-state index in [0.717, 1.165) is 62.6 Å². The van der Waals surface area contributed by atoms with Crippen molar-refractivity contribution in [3.05, 3.63) is 196 Å². The number of aromatic amines is 6. The lowest BCUT2D eigenvalue weighted by atomic mass is 10.2. The van der Waals surface area contributed by atoms with Crippen molar-refractivity contribution in [2.75, 3.05) is 53.4 Å². The molecule has 12 heterocycles. The summed E-state index contributed by atoms with van der Waals surface area (Å²) in [5, 5.41) is 30.0. The van der Waals surface area contributed by atoms with Gasteiger partial charge in [-0.2, -0.15) is 5.26 Å². The molecule has 0 amide bonds. The van der Waals surface area contributed by atoms with E-state index in [9.17, 15) is 125 Å². The molecule has 0 saturated carbocycles. The molecule has 6 saturated heterocycles. The molecule has 0 radical (unpaired) electrons. The zero-order valence-electron chi connectivity index (χ0n) is 66.6. The molecule has 0 aromatic carbocycles. The summed E-state index contributed by atoms with van der Waals surface area (Å²) in [6.45, 7) is -2.29. The van der Waals surface area contributed by atoms with E-state index >= 15 is 0 Å². The van der Waals surface area contributed by atoms with Crippen LogP contribution < -0.4 is 67.5 Å². The minimum absolute atomic E-state index is 0.0461. The van der Waals surface area contributed by atoms with Crippen molar-refractivity contribution < 1.29 is 150 Å². The summed E-state index contributed by atoms with van der Waals surface area (Å²) >= 11 is 0. The lowest BCUT2D eigenvalue weighted by Crippen LogP contribution is -2.35. The maximum atomic E-state index is 14.4. The highest BCUT2D eigenvalue weighted by atomic mass is 31.2. The number of nitriles is 1. The second kappa shape index (κ2) is 39.6. The highest BCUT2D eigenvalue weighted by molar-refractivity contribution is 7.48. The van der Waals surface area contributed by atoms with Gasteiger partial charge in [0.25, 0.3) is 33.4 Å². The number of aliphatic hydroxyl groups is 2. The first-order valence-electron chi connectivity index (χ1n) is 37.7. The fourth-order valence-corrected chi connectivity index (χ4v) is 18.8. The average Bonchev–Trinajstić information content (AvgIpc) is 1.66. The highest BCUT2D eigenvalue weighted by Crippen LogP contribution is 2.56. The summed E-state index contributed by atoms with van der Waals surface area (Å²) in [5.74, 6) is -2.08. The Morgan fingerprint density at radius 2 is 0.622 bits per heavy atom. The minimum Gasteiger partial charge on any atom is -0.469 e. The van der Waals surface area contributed by atoms with Gasteiger partial charge in [0.1, 0.15) is 111 Å². The quantitative estimate of drug-likeness (QED) is 0.0129.